The van der Waals surface area contributed by atoms with E-state index >= 15 is 0 Å². The summed E-state index contributed by atoms with van der Waals surface area (Å²) in [6, 6.07) is 9.53. The molecule has 1 aliphatic rings. The number of piperidine rings is 1. The van der Waals surface area contributed by atoms with Crippen molar-refractivity contribution in [3.8, 4) is 0 Å². The second-order valence-electron chi connectivity index (χ2n) is 10.0. The molecule has 33 heavy (non-hydrogen) atoms. The van der Waals surface area contributed by atoms with Crippen LogP contribution in [0.1, 0.15) is 65.9 Å². The lowest BCUT2D eigenvalue weighted by molar-refractivity contribution is -0.163. The third-order valence-electron chi connectivity index (χ3n) is 5.29. The number of ether oxygens (including phenoxy) is 3. The van der Waals surface area contributed by atoms with Gasteiger partial charge >= 0.3 is 18.2 Å². The van der Waals surface area contributed by atoms with Gasteiger partial charge in [-0.1, -0.05) is 30.3 Å². The van der Waals surface area contributed by atoms with E-state index in [9.17, 15) is 14.4 Å². The second kappa shape index (κ2) is 11.9. The number of esters is 1. The standard InChI is InChI=1S/C25H38N2O6/c1-24(2,3)33-22(29)26-15-9-14-25(4,5)32-21(28)20-12-16-27(17-13-20)23(30)31-18-19-10-7-6-8-11-19/h6-8,10-11,20H,9,12-18H2,1-5H3,(H,26,29). The lowest BCUT2D eigenvalue weighted by Gasteiger charge is -2.33. The van der Waals surface area contributed by atoms with Crippen molar-refractivity contribution in [3.05, 3.63) is 35.9 Å². The Bertz CT molecular complexity index is 780. The molecule has 8 heteroatoms. The van der Waals surface area contributed by atoms with Gasteiger partial charge in [0.05, 0.1) is 5.92 Å². The maximum Gasteiger partial charge on any atom is 0.410 e. The molecule has 1 aliphatic heterocycles. The maximum atomic E-state index is 12.7. The number of nitrogens with zero attached hydrogens (tertiary/aromatic N) is 1. The molecule has 0 aromatic heterocycles. The van der Waals surface area contributed by atoms with Crippen LogP contribution in [0.4, 0.5) is 9.59 Å². The van der Waals surface area contributed by atoms with Crippen LogP contribution < -0.4 is 5.32 Å². The first-order valence-electron chi connectivity index (χ1n) is 11.6. The molecule has 0 atom stereocenters. The minimum absolute atomic E-state index is 0.234. The van der Waals surface area contributed by atoms with E-state index in [0.717, 1.165) is 5.56 Å². The number of likely N-dealkylation sites (tertiary alicyclic amines) is 1. The van der Waals surface area contributed by atoms with Crippen LogP contribution in [0.3, 0.4) is 0 Å². The van der Waals surface area contributed by atoms with E-state index in [4.69, 9.17) is 14.2 Å². The van der Waals surface area contributed by atoms with Crippen molar-refractivity contribution in [2.75, 3.05) is 19.6 Å². The molecule has 2 amide bonds. The summed E-state index contributed by atoms with van der Waals surface area (Å²) < 4.78 is 16.3. The molecule has 8 nitrogen and oxygen atoms in total. The number of rotatable bonds is 8. The summed E-state index contributed by atoms with van der Waals surface area (Å²) in [5.74, 6) is -0.472. The normalized spacial score (nSPS) is 15.0. The van der Waals surface area contributed by atoms with Gasteiger partial charge in [-0.2, -0.15) is 0 Å². The van der Waals surface area contributed by atoms with Crippen LogP contribution in [0.5, 0.6) is 0 Å². The summed E-state index contributed by atoms with van der Waals surface area (Å²) in [6.45, 7) is 10.8. The monoisotopic (exact) mass is 462 g/mol. The molecule has 1 fully saturated rings. The van der Waals surface area contributed by atoms with Crippen molar-refractivity contribution in [3.63, 3.8) is 0 Å². The molecular formula is C25H38N2O6. The lowest BCUT2D eigenvalue weighted by Crippen LogP contribution is -2.42. The number of hydrogen-bond donors (Lipinski definition) is 1. The first-order chi connectivity index (χ1) is 15.5. The van der Waals surface area contributed by atoms with Crippen LogP contribution in [0.2, 0.25) is 0 Å². The Hall–Kier alpha value is -2.77. The molecule has 1 aromatic rings. The van der Waals surface area contributed by atoms with Gasteiger partial charge in [-0.05, 0) is 65.9 Å². The average molecular weight is 463 g/mol. The van der Waals surface area contributed by atoms with E-state index < -0.39 is 17.3 Å². The third kappa shape index (κ3) is 10.1. The largest absolute Gasteiger partial charge is 0.459 e. The van der Waals surface area contributed by atoms with E-state index in [1.54, 1.807) is 4.90 Å². The Morgan fingerprint density at radius 1 is 1.00 bits per heavy atom. The fourth-order valence-electron chi connectivity index (χ4n) is 3.53. The first kappa shape index (κ1) is 26.5. The predicted octanol–water partition coefficient (Wildman–Crippen LogP) is 4.66. The molecule has 0 bridgehead atoms. The average Bonchev–Trinajstić information content (AvgIpc) is 2.74. The fourth-order valence-corrected chi connectivity index (χ4v) is 3.53. The zero-order valence-electron chi connectivity index (χ0n) is 20.5. The van der Waals surface area contributed by atoms with Gasteiger partial charge in [0, 0.05) is 19.6 Å². The predicted molar refractivity (Wildman–Crippen MR) is 125 cm³/mol. The summed E-state index contributed by atoms with van der Waals surface area (Å²) in [7, 11) is 0. The molecule has 0 aliphatic carbocycles. The van der Waals surface area contributed by atoms with E-state index in [2.05, 4.69) is 5.32 Å². The lowest BCUT2D eigenvalue weighted by atomic mass is 9.96. The van der Waals surface area contributed by atoms with Gasteiger partial charge in [0.15, 0.2) is 0 Å². The van der Waals surface area contributed by atoms with Crippen molar-refractivity contribution in [2.24, 2.45) is 5.92 Å². The van der Waals surface area contributed by atoms with Gasteiger partial charge < -0.3 is 24.4 Å². The number of amides is 2. The van der Waals surface area contributed by atoms with Gasteiger partial charge in [-0.15, -0.1) is 0 Å². The molecule has 1 aromatic carbocycles. The summed E-state index contributed by atoms with van der Waals surface area (Å²) in [5.41, 5.74) is -0.237. The molecule has 0 unspecified atom stereocenters. The maximum absolute atomic E-state index is 12.7. The Kier molecular flexibility index (Phi) is 9.56. The van der Waals surface area contributed by atoms with Gasteiger partial charge in [-0.25, -0.2) is 9.59 Å². The highest BCUT2D eigenvalue weighted by Gasteiger charge is 2.32. The SMILES string of the molecule is CC(C)(C)OC(=O)NCCCC(C)(C)OC(=O)C1CCN(C(=O)OCc2ccccc2)CC1. The smallest absolute Gasteiger partial charge is 0.410 e. The number of hydrogen-bond acceptors (Lipinski definition) is 6. The fraction of sp³-hybridized carbons (Fsp3) is 0.640. The van der Waals surface area contributed by atoms with E-state index in [-0.39, 0.29) is 24.6 Å². The van der Waals surface area contributed by atoms with Crippen LogP contribution >= 0.6 is 0 Å². The van der Waals surface area contributed by atoms with Crippen LogP contribution in [0, 0.1) is 5.92 Å². The van der Waals surface area contributed by atoms with Crippen molar-refractivity contribution in [2.45, 2.75) is 78.1 Å². The molecule has 0 saturated carbocycles. The van der Waals surface area contributed by atoms with Crippen molar-refractivity contribution in [1.29, 1.82) is 0 Å². The Morgan fingerprint density at radius 3 is 2.24 bits per heavy atom. The highest BCUT2D eigenvalue weighted by molar-refractivity contribution is 5.74. The van der Waals surface area contributed by atoms with Crippen molar-refractivity contribution in [1.82, 2.24) is 10.2 Å². The molecule has 0 spiro atoms. The highest BCUT2D eigenvalue weighted by Crippen LogP contribution is 2.24. The Balaban J connectivity index is 1.66. The van der Waals surface area contributed by atoms with Crippen molar-refractivity contribution >= 4 is 18.2 Å². The van der Waals surface area contributed by atoms with Crippen LogP contribution in [0.15, 0.2) is 30.3 Å². The van der Waals surface area contributed by atoms with Crippen LogP contribution in [-0.4, -0.2) is 53.9 Å². The van der Waals surface area contributed by atoms with Gasteiger partial charge in [0.1, 0.15) is 17.8 Å². The van der Waals surface area contributed by atoms with Crippen LogP contribution in [0.25, 0.3) is 0 Å². The number of alkyl carbamates (subject to hydrolysis) is 1. The Morgan fingerprint density at radius 2 is 1.64 bits per heavy atom. The number of nitrogens with one attached hydrogen (secondary N) is 1. The Labute approximate surface area is 196 Å². The topological polar surface area (TPSA) is 94.2 Å². The molecule has 0 radical (unpaired) electrons. The number of benzene rings is 1. The molecule has 184 valence electrons. The zero-order chi connectivity index (χ0) is 24.5. The number of carbonyl (C=O) groups is 3. The van der Waals surface area contributed by atoms with E-state index in [1.165, 1.54) is 0 Å². The molecular weight excluding hydrogens is 424 g/mol. The van der Waals surface area contributed by atoms with Crippen LogP contribution in [-0.2, 0) is 25.6 Å². The molecule has 2 rings (SSSR count). The second-order valence-corrected chi connectivity index (χ2v) is 10.0. The van der Waals surface area contributed by atoms with E-state index in [0.29, 0.717) is 45.3 Å². The minimum atomic E-state index is -0.640. The van der Waals surface area contributed by atoms with E-state index in [1.807, 2.05) is 65.0 Å². The third-order valence-corrected chi connectivity index (χ3v) is 5.29. The summed E-state index contributed by atoms with van der Waals surface area (Å²) in [6.07, 6.45) is 1.56. The quantitative estimate of drug-likeness (QED) is 0.343. The number of carbonyl (C=O) groups excluding carboxylic acids is 3. The minimum Gasteiger partial charge on any atom is -0.459 e. The summed E-state index contributed by atoms with van der Waals surface area (Å²) >= 11 is 0. The van der Waals surface area contributed by atoms with Gasteiger partial charge in [0.25, 0.3) is 0 Å². The zero-order valence-corrected chi connectivity index (χ0v) is 20.5. The molecule has 1 N–H and O–H groups in total. The van der Waals surface area contributed by atoms with Crippen molar-refractivity contribution < 1.29 is 28.6 Å². The molecule has 1 saturated heterocycles. The van der Waals surface area contributed by atoms with Gasteiger partial charge in [0.2, 0.25) is 0 Å². The highest BCUT2D eigenvalue weighted by atomic mass is 16.6. The van der Waals surface area contributed by atoms with Gasteiger partial charge in [-0.3, -0.25) is 4.79 Å². The summed E-state index contributed by atoms with van der Waals surface area (Å²) in [5, 5.41) is 2.71. The summed E-state index contributed by atoms with van der Waals surface area (Å²) in [4.78, 5) is 38.3. The first-order valence-corrected chi connectivity index (χ1v) is 11.6. The molecule has 1 heterocycles.